The maximum atomic E-state index is 12.7. The highest BCUT2D eigenvalue weighted by atomic mass is 16.2. The Labute approximate surface area is 166 Å². The molecule has 150 valence electrons. The predicted octanol–water partition coefficient (Wildman–Crippen LogP) is 2.51. The second-order valence-electron chi connectivity index (χ2n) is 8.40. The van der Waals surface area contributed by atoms with E-state index in [1.165, 1.54) is 37.7 Å². The Morgan fingerprint density at radius 2 is 1.89 bits per heavy atom. The third kappa shape index (κ3) is 3.83. The molecular formula is C22H29N3O3. The van der Waals surface area contributed by atoms with Crippen LogP contribution in [-0.2, 0) is 22.7 Å². The number of piperidine rings is 1. The molecule has 1 saturated carbocycles. The highest BCUT2D eigenvalue weighted by Crippen LogP contribution is 2.29. The summed E-state index contributed by atoms with van der Waals surface area (Å²) >= 11 is 0. The monoisotopic (exact) mass is 383 g/mol. The van der Waals surface area contributed by atoms with Crippen LogP contribution in [0, 0.1) is 5.92 Å². The Morgan fingerprint density at radius 3 is 2.61 bits per heavy atom. The van der Waals surface area contributed by atoms with Gasteiger partial charge in [0.05, 0.1) is 0 Å². The van der Waals surface area contributed by atoms with E-state index in [1.807, 2.05) is 12.1 Å². The molecule has 2 fully saturated rings. The van der Waals surface area contributed by atoms with Gasteiger partial charge in [0.1, 0.15) is 6.04 Å². The number of carbonyl (C=O) groups is 3. The Balaban J connectivity index is 1.37. The molecule has 1 atom stereocenters. The molecule has 4 rings (SSSR count). The SMILES string of the molecule is CCC1CCC(NCc2ccc3c(c2)CN(C2CCC(=O)NC2=O)C3=O)CC1. The number of nitrogens with zero attached hydrogens (tertiary/aromatic N) is 1. The average Bonchev–Trinajstić information content (AvgIpc) is 3.02. The summed E-state index contributed by atoms with van der Waals surface area (Å²) in [6, 6.07) is 6.01. The molecule has 2 heterocycles. The van der Waals surface area contributed by atoms with E-state index < -0.39 is 6.04 Å². The zero-order valence-electron chi connectivity index (χ0n) is 16.5. The molecule has 28 heavy (non-hydrogen) atoms. The van der Waals surface area contributed by atoms with Crippen molar-refractivity contribution in [3.63, 3.8) is 0 Å². The minimum atomic E-state index is -0.548. The molecule has 2 aliphatic heterocycles. The molecule has 0 bridgehead atoms. The Bertz CT molecular complexity index is 783. The number of hydrogen-bond donors (Lipinski definition) is 2. The fraction of sp³-hybridized carbons (Fsp3) is 0.591. The van der Waals surface area contributed by atoms with Crippen molar-refractivity contribution in [2.75, 3.05) is 0 Å². The third-order valence-electron chi connectivity index (χ3n) is 6.61. The predicted molar refractivity (Wildman–Crippen MR) is 105 cm³/mol. The lowest BCUT2D eigenvalue weighted by Crippen LogP contribution is -2.52. The number of fused-ring (bicyclic) bond motifs is 1. The fourth-order valence-corrected chi connectivity index (χ4v) is 4.77. The van der Waals surface area contributed by atoms with Gasteiger partial charge in [-0.05, 0) is 55.2 Å². The van der Waals surface area contributed by atoms with Crippen molar-refractivity contribution in [2.45, 2.75) is 77.0 Å². The molecule has 0 spiro atoms. The van der Waals surface area contributed by atoms with E-state index in [0.29, 0.717) is 24.6 Å². The lowest BCUT2D eigenvalue weighted by atomic mass is 9.84. The van der Waals surface area contributed by atoms with Gasteiger partial charge in [-0.1, -0.05) is 25.5 Å². The second kappa shape index (κ2) is 8.03. The maximum absolute atomic E-state index is 12.7. The van der Waals surface area contributed by atoms with Crippen molar-refractivity contribution >= 4 is 17.7 Å². The zero-order valence-corrected chi connectivity index (χ0v) is 16.5. The lowest BCUT2D eigenvalue weighted by Gasteiger charge is -2.29. The lowest BCUT2D eigenvalue weighted by molar-refractivity contribution is -0.136. The van der Waals surface area contributed by atoms with Crippen molar-refractivity contribution in [3.8, 4) is 0 Å². The normalized spacial score (nSPS) is 27.7. The van der Waals surface area contributed by atoms with Gasteiger partial charge in [-0.25, -0.2) is 0 Å². The molecule has 0 aromatic heterocycles. The number of amides is 3. The molecule has 1 aromatic carbocycles. The minimum Gasteiger partial charge on any atom is -0.322 e. The van der Waals surface area contributed by atoms with E-state index in [4.69, 9.17) is 0 Å². The highest BCUT2D eigenvalue weighted by molar-refractivity contribution is 6.05. The topological polar surface area (TPSA) is 78.5 Å². The first-order valence-electron chi connectivity index (χ1n) is 10.5. The largest absolute Gasteiger partial charge is 0.322 e. The van der Waals surface area contributed by atoms with Crippen LogP contribution in [0.25, 0.3) is 0 Å². The molecule has 6 heteroatoms. The quantitative estimate of drug-likeness (QED) is 0.766. The molecular weight excluding hydrogens is 354 g/mol. The van der Waals surface area contributed by atoms with Crippen molar-refractivity contribution in [3.05, 3.63) is 34.9 Å². The Kier molecular flexibility index (Phi) is 5.49. The minimum absolute atomic E-state index is 0.109. The van der Waals surface area contributed by atoms with Crippen LogP contribution in [0.5, 0.6) is 0 Å². The molecule has 1 unspecified atom stereocenters. The van der Waals surface area contributed by atoms with Gasteiger partial charge in [0.25, 0.3) is 5.91 Å². The fourth-order valence-electron chi connectivity index (χ4n) is 4.77. The molecule has 0 radical (unpaired) electrons. The standard InChI is InChI=1S/C22H29N3O3/c1-2-14-3-6-17(7-4-14)23-12-15-5-8-18-16(11-15)13-25(22(18)28)19-9-10-20(26)24-21(19)27/h5,8,11,14,17,19,23H,2-4,6-7,9-10,12-13H2,1H3,(H,24,26,27). The van der Waals surface area contributed by atoms with Gasteiger partial charge in [0.2, 0.25) is 11.8 Å². The van der Waals surface area contributed by atoms with Crippen LogP contribution >= 0.6 is 0 Å². The summed E-state index contributed by atoms with van der Waals surface area (Å²) in [4.78, 5) is 37.9. The number of benzene rings is 1. The van der Waals surface area contributed by atoms with Gasteiger partial charge in [0, 0.05) is 31.1 Å². The first kappa shape index (κ1) is 19.1. The van der Waals surface area contributed by atoms with E-state index in [9.17, 15) is 14.4 Å². The van der Waals surface area contributed by atoms with Crippen molar-refractivity contribution in [2.24, 2.45) is 5.92 Å². The van der Waals surface area contributed by atoms with Gasteiger partial charge in [0.15, 0.2) is 0 Å². The van der Waals surface area contributed by atoms with Crippen molar-refractivity contribution in [1.29, 1.82) is 0 Å². The number of nitrogens with one attached hydrogen (secondary N) is 2. The average molecular weight is 383 g/mol. The smallest absolute Gasteiger partial charge is 0.255 e. The molecule has 1 saturated heterocycles. The summed E-state index contributed by atoms with van der Waals surface area (Å²) < 4.78 is 0. The van der Waals surface area contributed by atoms with Gasteiger partial charge in [-0.2, -0.15) is 0 Å². The van der Waals surface area contributed by atoms with Crippen LogP contribution in [0.2, 0.25) is 0 Å². The zero-order chi connectivity index (χ0) is 19.7. The molecule has 1 aliphatic carbocycles. The number of imide groups is 1. The summed E-state index contributed by atoms with van der Waals surface area (Å²) in [5.41, 5.74) is 2.83. The maximum Gasteiger partial charge on any atom is 0.255 e. The molecule has 2 N–H and O–H groups in total. The summed E-state index contributed by atoms with van der Waals surface area (Å²) in [6.45, 7) is 3.53. The molecule has 6 nitrogen and oxygen atoms in total. The second-order valence-corrected chi connectivity index (χ2v) is 8.40. The van der Waals surface area contributed by atoms with Crippen molar-refractivity contribution < 1.29 is 14.4 Å². The van der Waals surface area contributed by atoms with E-state index in [1.54, 1.807) is 4.90 Å². The van der Waals surface area contributed by atoms with Crippen LogP contribution in [0.15, 0.2) is 18.2 Å². The van der Waals surface area contributed by atoms with E-state index in [2.05, 4.69) is 23.6 Å². The molecule has 1 aromatic rings. The molecule has 3 aliphatic rings. The third-order valence-corrected chi connectivity index (χ3v) is 6.61. The summed E-state index contributed by atoms with van der Waals surface area (Å²) in [5, 5.41) is 6.02. The van der Waals surface area contributed by atoms with Gasteiger partial charge < -0.3 is 10.2 Å². The Hall–Kier alpha value is -2.21. The summed E-state index contributed by atoms with van der Waals surface area (Å²) in [7, 11) is 0. The number of hydrogen-bond acceptors (Lipinski definition) is 4. The Morgan fingerprint density at radius 1 is 1.11 bits per heavy atom. The van der Waals surface area contributed by atoms with Gasteiger partial charge in [-0.3, -0.25) is 19.7 Å². The van der Waals surface area contributed by atoms with Crippen LogP contribution in [0.1, 0.15) is 73.4 Å². The number of carbonyl (C=O) groups excluding carboxylic acids is 3. The van der Waals surface area contributed by atoms with Crippen LogP contribution in [-0.4, -0.2) is 34.7 Å². The van der Waals surface area contributed by atoms with E-state index >= 15 is 0 Å². The summed E-state index contributed by atoms with van der Waals surface area (Å²) in [5.74, 6) is 0.165. The van der Waals surface area contributed by atoms with Crippen LogP contribution in [0.3, 0.4) is 0 Å². The van der Waals surface area contributed by atoms with E-state index in [-0.39, 0.29) is 24.1 Å². The highest BCUT2D eigenvalue weighted by Gasteiger charge is 2.39. The van der Waals surface area contributed by atoms with Crippen molar-refractivity contribution in [1.82, 2.24) is 15.5 Å². The first-order chi connectivity index (χ1) is 13.5. The van der Waals surface area contributed by atoms with Gasteiger partial charge in [-0.15, -0.1) is 0 Å². The summed E-state index contributed by atoms with van der Waals surface area (Å²) in [6.07, 6.45) is 7.08. The van der Waals surface area contributed by atoms with Gasteiger partial charge >= 0.3 is 0 Å². The number of rotatable bonds is 5. The first-order valence-corrected chi connectivity index (χ1v) is 10.5. The molecule has 3 amide bonds. The van der Waals surface area contributed by atoms with Crippen LogP contribution in [0.4, 0.5) is 0 Å². The van der Waals surface area contributed by atoms with E-state index in [0.717, 1.165) is 18.0 Å². The van der Waals surface area contributed by atoms with Crippen LogP contribution < -0.4 is 10.6 Å².